The number of benzene rings is 2. The first-order chi connectivity index (χ1) is 15.2. The van der Waals surface area contributed by atoms with Crippen LogP contribution in [0.5, 0.6) is 11.5 Å². The summed E-state index contributed by atoms with van der Waals surface area (Å²) in [6.07, 6.45) is -0.902. The fraction of sp³-hybridized carbons (Fsp3) is 0.250. The number of thiocarbonyl (C=S) groups is 1. The Morgan fingerprint density at radius 1 is 1.09 bits per heavy atom. The second kappa shape index (κ2) is 12.8. The molecule has 1 unspecified atom stereocenters. The molecule has 0 spiro atoms. The molecular weight excluding hydrogens is 545 g/mol. The molecular formula is C20H20BrCl2N3O5S. The lowest BCUT2D eigenvalue weighted by Gasteiger charge is -2.17. The first-order valence-corrected chi connectivity index (χ1v) is 11.1. The predicted octanol–water partition coefficient (Wildman–Crippen LogP) is 3.88. The highest BCUT2D eigenvalue weighted by Crippen LogP contribution is 2.28. The lowest BCUT2D eigenvalue weighted by molar-refractivity contribution is -0.127. The zero-order valence-electron chi connectivity index (χ0n) is 17.0. The van der Waals surface area contributed by atoms with Gasteiger partial charge in [-0.05, 0) is 71.5 Å². The van der Waals surface area contributed by atoms with Crippen LogP contribution in [0, 0.1) is 0 Å². The van der Waals surface area contributed by atoms with E-state index in [1.54, 1.807) is 37.4 Å². The van der Waals surface area contributed by atoms with Gasteiger partial charge in [-0.2, -0.15) is 0 Å². The van der Waals surface area contributed by atoms with E-state index >= 15 is 0 Å². The van der Waals surface area contributed by atoms with Gasteiger partial charge in [0.05, 0.1) is 16.1 Å². The summed E-state index contributed by atoms with van der Waals surface area (Å²) in [5, 5.41) is 3.08. The van der Waals surface area contributed by atoms with Gasteiger partial charge in [0.1, 0.15) is 18.1 Å². The number of carbonyl (C=O) groups excluding carboxylic acids is 2. The zero-order chi connectivity index (χ0) is 23.7. The van der Waals surface area contributed by atoms with E-state index in [0.717, 1.165) is 0 Å². The Morgan fingerprint density at radius 2 is 1.81 bits per heavy atom. The van der Waals surface area contributed by atoms with Crippen molar-refractivity contribution >= 4 is 68.3 Å². The van der Waals surface area contributed by atoms with E-state index < -0.39 is 17.9 Å². The Hall–Kier alpha value is -2.11. The summed E-state index contributed by atoms with van der Waals surface area (Å²) < 4.78 is 16.6. The number of hydrazine groups is 1. The molecule has 172 valence electrons. The highest BCUT2D eigenvalue weighted by atomic mass is 79.9. The maximum atomic E-state index is 12.4. The van der Waals surface area contributed by atoms with E-state index in [4.69, 9.17) is 49.6 Å². The average Bonchev–Trinajstić information content (AvgIpc) is 2.75. The van der Waals surface area contributed by atoms with Crippen molar-refractivity contribution in [1.29, 1.82) is 0 Å². The second-order valence-electron chi connectivity index (χ2n) is 6.22. The standard InChI is InChI=1S/C20H20BrCl2N3O5S/c1-11(31-17-6-4-13(22)10-15(17)23)18(27)25-26-20(32)24-19(28)12-3-5-16(14(21)9-12)30-8-7-29-2/h3-6,9-11H,7-8H2,1-2H3,(H,25,27)(H2,24,26,28,32). The van der Waals surface area contributed by atoms with Crippen LogP contribution in [0.3, 0.4) is 0 Å². The monoisotopic (exact) mass is 563 g/mol. The van der Waals surface area contributed by atoms with Crippen LogP contribution in [0.4, 0.5) is 0 Å². The quantitative estimate of drug-likeness (QED) is 0.254. The third kappa shape index (κ3) is 8.10. The lowest BCUT2D eigenvalue weighted by Crippen LogP contribution is -2.51. The molecule has 0 bridgehead atoms. The van der Waals surface area contributed by atoms with Crippen molar-refractivity contribution in [1.82, 2.24) is 16.2 Å². The van der Waals surface area contributed by atoms with E-state index in [2.05, 4.69) is 32.1 Å². The minimum Gasteiger partial charge on any atom is -0.490 e. The normalized spacial score (nSPS) is 11.3. The Bertz CT molecular complexity index is 996. The Morgan fingerprint density at radius 3 is 2.47 bits per heavy atom. The second-order valence-corrected chi connectivity index (χ2v) is 8.33. The van der Waals surface area contributed by atoms with Gasteiger partial charge in [0.25, 0.3) is 11.8 Å². The van der Waals surface area contributed by atoms with E-state index in [9.17, 15) is 9.59 Å². The van der Waals surface area contributed by atoms with Gasteiger partial charge in [-0.3, -0.25) is 25.8 Å². The van der Waals surface area contributed by atoms with Gasteiger partial charge in [-0.25, -0.2) is 0 Å². The molecule has 0 fully saturated rings. The fourth-order valence-corrected chi connectivity index (χ4v) is 3.33. The van der Waals surface area contributed by atoms with Crippen LogP contribution in [-0.4, -0.2) is 43.4 Å². The number of hydrogen-bond acceptors (Lipinski definition) is 6. The molecule has 0 saturated heterocycles. The predicted molar refractivity (Wildman–Crippen MR) is 129 cm³/mol. The molecule has 1 atom stereocenters. The van der Waals surface area contributed by atoms with E-state index in [1.165, 1.54) is 13.0 Å². The van der Waals surface area contributed by atoms with Crippen molar-refractivity contribution < 1.29 is 23.8 Å². The first-order valence-electron chi connectivity index (χ1n) is 9.15. The zero-order valence-corrected chi connectivity index (χ0v) is 21.0. The molecule has 0 saturated carbocycles. The number of carbonyl (C=O) groups is 2. The number of amides is 2. The highest BCUT2D eigenvalue weighted by molar-refractivity contribution is 9.10. The number of ether oxygens (including phenoxy) is 3. The first kappa shape index (κ1) is 26.1. The van der Waals surface area contributed by atoms with E-state index in [1.807, 2.05) is 0 Å². The Labute approximate surface area is 209 Å². The molecule has 2 aromatic rings. The average molecular weight is 565 g/mol. The third-order valence-corrected chi connectivity index (χ3v) is 5.19. The SMILES string of the molecule is COCCOc1ccc(C(=O)NC(=S)NNC(=O)C(C)Oc2ccc(Cl)cc2Cl)cc1Br. The smallest absolute Gasteiger partial charge is 0.279 e. The molecule has 0 aliphatic rings. The number of nitrogens with one attached hydrogen (secondary N) is 3. The summed E-state index contributed by atoms with van der Waals surface area (Å²) in [5.41, 5.74) is 5.14. The third-order valence-electron chi connectivity index (χ3n) is 3.83. The number of methoxy groups -OCH3 is 1. The highest BCUT2D eigenvalue weighted by Gasteiger charge is 2.17. The maximum Gasteiger partial charge on any atom is 0.279 e. The Balaban J connectivity index is 1.83. The summed E-state index contributed by atoms with van der Waals surface area (Å²) >= 11 is 20.3. The van der Waals surface area contributed by atoms with Crippen LogP contribution in [-0.2, 0) is 9.53 Å². The topological polar surface area (TPSA) is 97.9 Å². The van der Waals surface area contributed by atoms with Crippen molar-refractivity contribution in [2.24, 2.45) is 0 Å². The van der Waals surface area contributed by atoms with Crippen molar-refractivity contribution in [3.05, 3.63) is 56.5 Å². The van der Waals surface area contributed by atoms with Gasteiger partial charge in [0.15, 0.2) is 11.2 Å². The van der Waals surface area contributed by atoms with Crippen LogP contribution in [0.25, 0.3) is 0 Å². The molecule has 0 radical (unpaired) electrons. The molecule has 12 heteroatoms. The molecule has 2 amide bonds. The maximum absolute atomic E-state index is 12.4. The van der Waals surface area contributed by atoms with Gasteiger partial charge in [0.2, 0.25) is 0 Å². The van der Waals surface area contributed by atoms with E-state index in [-0.39, 0.29) is 10.1 Å². The summed E-state index contributed by atoms with van der Waals surface area (Å²) in [6, 6.07) is 9.46. The molecule has 32 heavy (non-hydrogen) atoms. The number of halogens is 3. The van der Waals surface area contributed by atoms with Crippen molar-refractivity contribution in [3.8, 4) is 11.5 Å². The minimum absolute atomic E-state index is 0.100. The summed E-state index contributed by atoms with van der Waals surface area (Å²) in [5.74, 6) is -0.137. The van der Waals surface area contributed by atoms with Crippen LogP contribution < -0.4 is 25.6 Å². The molecule has 0 heterocycles. The van der Waals surface area contributed by atoms with Crippen LogP contribution in [0.15, 0.2) is 40.9 Å². The van der Waals surface area contributed by atoms with Crippen molar-refractivity contribution in [3.63, 3.8) is 0 Å². The van der Waals surface area contributed by atoms with E-state index in [0.29, 0.717) is 39.8 Å². The molecule has 3 N–H and O–H groups in total. The van der Waals surface area contributed by atoms with Gasteiger partial charge in [-0.1, -0.05) is 23.2 Å². The number of rotatable bonds is 8. The molecule has 0 aromatic heterocycles. The van der Waals surface area contributed by atoms with Gasteiger partial charge < -0.3 is 14.2 Å². The summed E-state index contributed by atoms with van der Waals surface area (Å²) in [6.45, 7) is 2.34. The fourth-order valence-electron chi connectivity index (χ4n) is 2.24. The molecule has 0 aliphatic carbocycles. The minimum atomic E-state index is -0.902. The largest absolute Gasteiger partial charge is 0.490 e. The van der Waals surface area contributed by atoms with Gasteiger partial charge >= 0.3 is 0 Å². The molecule has 8 nitrogen and oxygen atoms in total. The van der Waals surface area contributed by atoms with Crippen LogP contribution in [0.1, 0.15) is 17.3 Å². The molecule has 2 aromatic carbocycles. The van der Waals surface area contributed by atoms with Crippen LogP contribution in [0.2, 0.25) is 10.0 Å². The van der Waals surface area contributed by atoms with Gasteiger partial charge in [-0.15, -0.1) is 0 Å². The molecule has 2 rings (SSSR count). The van der Waals surface area contributed by atoms with Crippen molar-refractivity contribution in [2.75, 3.05) is 20.3 Å². The van der Waals surface area contributed by atoms with Crippen molar-refractivity contribution in [2.45, 2.75) is 13.0 Å². The lowest BCUT2D eigenvalue weighted by atomic mass is 10.2. The Kier molecular flexibility index (Phi) is 10.5. The summed E-state index contributed by atoms with van der Waals surface area (Å²) in [7, 11) is 1.58. The summed E-state index contributed by atoms with van der Waals surface area (Å²) in [4.78, 5) is 24.6. The molecule has 0 aliphatic heterocycles. The van der Waals surface area contributed by atoms with Gasteiger partial charge in [0, 0.05) is 17.7 Å². The number of hydrogen-bond donors (Lipinski definition) is 3. The van der Waals surface area contributed by atoms with Crippen LogP contribution >= 0.6 is 51.3 Å².